The maximum atomic E-state index is 6.16. The highest BCUT2D eigenvalue weighted by atomic mass is 35.5. The highest BCUT2D eigenvalue weighted by Gasteiger charge is 2.17. The lowest BCUT2D eigenvalue weighted by Gasteiger charge is -2.23. The Kier molecular flexibility index (Phi) is 5.46. The molecule has 0 amide bonds. The Morgan fingerprint density at radius 2 is 1.81 bits per heavy atom. The lowest BCUT2D eigenvalue weighted by atomic mass is 9.86. The summed E-state index contributed by atoms with van der Waals surface area (Å²) in [4.78, 5) is 4.49. The molecule has 1 heterocycles. The molecule has 1 aromatic heterocycles. The summed E-state index contributed by atoms with van der Waals surface area (Å²) < 4.78 is 5.16. The molecule has 0 bridgehead atoms. The van der Waals surface area contributed by atoms with Crippen LogP contribution in [0.3, 0.4) is 0 Å². The van der Waals surface area contributed by atoms with E-state index in [1.165, 1.54) is 5.56 Å². The lowest BCUT2D eigenvalue weighted by Crippen LogP contribution is -2.14. The fourth-order valence-electron chi connectivity index (χ4n) is 2.67. The molecule has 0 radical (unpaired) electrons. The molecule has 7 heteroatoms. The summed E-state index contributed by atoms with van der Waals surface area (Å²) in [6.45, 7) is 6.52. The number of hydrogen-bond acceptors (Lipinski definition) is 6. The largest absolute Gasteiger partial charge is 0.495 e. The highest BCUT2D eigenvalue weighted by molar-refractivity contribution is 6.32. The van der Waals surface area contributed by atoms with Crippen LogP contribution in [0.15, 0.2) is 48.7 Å². The summed E-state index contributed by atoms with van der Waals surface area (Å²) in [7, 11) is 1.58. The van der Waals surface area contributed by atoms with Gasteiger partial charge in [0, 0.05) is 11.4 Å². The molecule has 0 spiro atoms. The maximum absolute atomic E-state index is 6.16. The predicted molar refractivity (Wildman–Crippen MR) is 110 cm³/mol. The van der Waals surface area contributed by atoms with Crippen molar-refractivity contribution in [3.8, 4) is 5.75 Å². The van der Waals surface area contributed by atoms with E-state index in [1.807, 2.05) is 24.3 Å². The van der Waals surface area contributed by atoms with Crippen LogP contribution in [0.1, 0.15) is 26.3 Å². The average molecular weight is 384 g/mol. The van der Waals surface area contributed by atoms with Crippen LogP contribution in [-0.4, -0.2) is 22.3 Å². The number of anilines is 4. The van der Waals surface area contributed by atoms with Crippen LogP contribution < -0.4 is 15.4 Å². The van der Waals surface area contributed by atoms with Crippen LogP contribution in [0.25, 0.3) is 0 Å². The average Bonchev–Trinajstić information content (AvgIpc) is 2.62. The van der Waals surface area contributed by atoms with Gasteiger partial charge in [-0.25, -0.2) is 0 Å². The van der Waals surface area contributed by atoms with Crippen LogP contribution in [0.2, 0.25) is 5.02 Å². The first-order valence-corrected chi connectivity index (χ1v) is 8.91. The van der Waals surface area contributed by atoms with Gasteiger partial charge in [-0.2, -0.15) is 10.1 Å². The summed E-state index contributed by atoms with van der Waals surface area (Å²) in [6, 6.07) is 13.5. The summed E-state index contributed by atoms with van der Waals surface area (Å²) in [6.07, 6.45) is 1.59. The van der Waals surface area contributed by atoms with E-state index in [4.69, 9.17) is 16.3 Å². The van der Waals surface area contributed by atoms with Gasteiger partial charge in [-0.1, -0.05) is 50.6 Å². The number of hydrogen-bond donors (Lipinski definition) is 2. The molecule has 6 nitrogen and oxygen atoms in total. The Bertz CT molecular complexity index is 940. The molecule has 0 aliphatic heterocycles. The van der Waals surface area contributed by atoms with Crippen molar-refractivity contribution in [1.29, 1.82) is 0 Å². The van der Waals surface area contributed by atoms with Gasteiger partial charge in [0.25, 0.3) is 0 Å². The fraction of sp³-hybridized carbons (Fsp3) is 0.250. The van der Waals surface area contributed by atoms with E-state index in [-0.39, 0.29) is 5.41 Å². The quantitative estimate of drug-likeness (QED) is 0.621. The molecular formula is C20H22ClN5O. The Morgan fingerprint density at radius 1 is 1.04 bits per heavy atom. The molecule has 2 N–H and O–H groups in total. The molecule has 3 rings (SSSR count). The van der Waals surface area contributed by atoms with Crippen LogP contribution in [0.4, 0.5) is 23.1 Å². The van der Waals surface area contributed by atoms with Crippen molar-refractivity contribution in [3.05, 3.63) is 59.2 Å². The van der Waals surface area contributed by atoms with Crippen molar-refractivity contribution < 1.29 is 4.74 Å². The van der Waals surface area contributed by atoms with Crippen molar-refractivity contribution in [3.63, 3.8) is 0 Å². The van der Waals surface area contributed by atoms with Gasteiger partial charge in [-0.3, -0.25) is 0 Å². The molecule has 0 unspecified atom stereocenters. The standard InChI is InChI=1S/C20H22ClN5O/c1-20(2,3)14-7-5-6-8-16(14)24-18-12-22-26-19(25-18)23-13-9-10-17(27-4)15(21)11-13/h5-12H,1-4H3,(H2,23,24,25,26). The summed E-state index contributed by atoms with van der Waals surface area (Å²) in [5, 5.41) is 15.0. The van der Waals surface area contributed by atoms with Crippen molar-refractivity contribution >= 4 is 34.7 Å². The normalized spacial score (nSPS) is 11.1. The zero-order valence-corrected chi connectivity index (χ0v) is 16.5. The van der Waals surface area contributed by atoms with E-state index in [9.17, 15) is 0 Å². The number of para-hydroxylation sites is 1. The Hall–Kier alpha value is -2.86. The van der Waals surface area contributed by atoms with Crippen molar-refractivity contribution in [2.24, 2.45) is 0 Å². The summed E-state index contributed by atoms with van der Waals surface area (Å²) in [5.41, 5.74) is 2.93. The second-order valence-corrected chi connectivity index (χ2v) is 7.47. The van der Waals surface area contributed by atoms with Crippen molar-refractivity contribution in [2.75, 3.05) is 17.7 Å². The molecular weight excluding hydrogens is 362 g/mol. The van der Waals surface area contributed by atoms with Gasteiger partial charge in [0.15, 0.2) is 5.82 Å². The number of nitrogens with one attached hydrogen (secondary N) is 2. The monoisotopic (exact) mass is 383 g/mol. The Labute approximate surface area is 164 Å². The van der Waals surface area contributed by atoms with Crippen LogP contribution in [-0.2, 0) is 5.41 Å². The third-order valence-corrected chi connectivity index (χ3v) is 4.26. The molecule has 0 aliphatic carbocycles. The topological polar surface area (TPSA) is 72.0 Å². The van der Waals surface area contributed by atoms with E-state index in [0.717, 1.165) is 11.4 Å². The number of aromatic nitrogens is 3. The molecule has 27 heavy (non-hydrogen) atoms. The number of methoxy groups -OCH3 is 1. The number of halogens is 1. The molecule has 0 aliphatic rings. The second-order valence-electron chi connectivity index (χ2n) is 7.06. The smallest absolute Gasteiger partial charge is 0.249 e. The van der Waals surface area contributed by atoms with Crippen LogP contribution in [0, 0.1) is 0 Å². The van der Waals surface area contributed by atoms with Gasteiger partial charge in [0.2, 0.25) is 5.95 Å². The third-order valence-electron chi connectivity index (χ3n) is 3.96. The summed E-state index contributed by atoms with van der Waals surface area (Å²) >= 11 is 6.16. The Balaban J connectivity index is 1.82. The predicted octanol–water partition coefficient (Wildman–Crippen LogP) is 5.32. The van der Waals surface area contributed by atoms with Crippen LogP contribution in [0.5, 0.6) is 5.75 Å². The first-order valence-electron chi connectivity index (χ1n) is 8.53. The zero-order chi connectivity index (χ0) is 19.4. The van der Waals surface area contributed by atoms with Crippen molar-refractivity contribution in [1.82, 2.24) is 15.2 Å². The first kappa shape index (κ1) is 18.9. The number of benzene rings is 2. The van der Waals surface area contributed by atoms with Gasteiger partial charge in [0.1, 0.15) is 5.75 Å². The van der Waals surface area contributed by atoms with Gasteiger partial charge in [-0.05, 0) is 35.2 Å². The molecule has 0 saturated carbocycles. The second kappa shape index (κ2) is 7.80. The maximum Gasteiger partial charge on any atom is 0.249 e. The van der Waals surface area contributed by atoms with E-state index < -0.39 is 0 Å². The van der Waals surface area contributed by atoms with Gasteiger partial charge in [0.05, 0.1) is 18.3 Å². The van der Waals surface area contributed by atoms with E-state index in [2.05, 4.69) is 52.7 Å². The van der Waals surface area contributed by atoms with E-state index in [1.54, 1.807) is 25.4 Å². The molecule has 3 aromatic rings. The molecule has 0 fully saturated rings. The fourth-order valence-corrected chi connectivity index (χ4v) is 2.93. The van der Waals surface area contributed by atoms with Gasteiger partial charge >= 0.3 is 0 Å². The first-order chi connectivity index (χ1) is 12.9. The van der Waals surface area contributed by atoms with Gasteiger partial charge in [-0.15, -0.1) is 5.10 Å². The number of rotatable bonds is 5. The minimum Gasteiger partial charge on any atom is -0.495 e. The van der Waals surface area contributed by atoms with Gasteiger partial charge < -0.3 is 15.4 Å². The number of nitrogens with zero attached hydrogens (tertiary/aromatic N) is 3. The van der Waals surface area contributed by atoms with E-state index in [0.29, 0.717) is 22.5 Å². The molecule has 140 valence electrons. The SMILES string of the molecule is COc1ccc(Nc2nncc(Nc3ccccc3C(C)(C)C)n2)cc1Cl. The molecule has 0 atom stereocenters. The Morgan fingerprint density at radius 3 is 2.52 bits per heavy atom. The molecule has 0 saturated heterocycles. The van der Waals surface area contributed by atoms with Crippen molar-refractivity contribution in [2.45, 2.75) is 26.2 Å². The minimum atomic E-state index is 0.00494. The van der Waals surface area contributed by atoms with Crippen LogP contribution >= 0.6 is 11.6 Å². The lowest BCUT2D eigenvalue weighted by molar-refractivity contribution is 0.415. The molecule has 2 aromatic carbocycles. The summed E-state index contributed by atoms with van der Waals surface area (Å²) in [5.74, 6) is 1.58. The van der Waals surface area contributed by atoms with E-state index >= 15 is 0 Å². The highest BCUT2D eigenvalue weighted by Crippen LogP contribution is 2.31. The number of ether oxygens (including phenoxy) is 1. The zero-order valence-electron chi connectivity index (χ0n) is 15.7. The minimum absolute atomic E-state index is 0.00494. The third kappa shape index (κ3) is 4.65.